The Hall–Kier alpha value is -0.870. The molecule has 1 aliphatic rings. The van der Waals surface area contributed by atoms with Gasteiger partial charge in [0, 0.05) is 35.2 Å². The summed E-state index contributed by atoms with van der Waals surface area (Å²) in [4.78, 5) is 14.5. The van der Waals surface area contributed by atoms with Crippen molar-refractivity contribution in [2.75, 3.05) is 13.1 Å². The van der Waals surface area contributed by atoms with E-state index in [1.807, 2.05) is 30.0 Å². The number of amides is 1. The van der Waals surface area contributed by atoms with Crippen molar-refractivity contribution in [1.82, 2.24) is 10.2 Å². The van der Waals surface area contributed by atoms with Gasteiger partial charge in [-0.2, -0.15) is 0 Å². The molecule has 1 aromatic carbocycles. The van der Waals surface area contributed by atoms with Crippen LogP contribution in [0.5, 0.6) is 0 Å². The lowest BCUT2D eigenvalue weighted by atomic mass is 10.0. The maximum atomic E-state index is 12.6. The van der Waals surface area contributed by atoms with Crippen LogP contribution in [0.4, 0.5) is 0 Å². The third-order valence-electron chi connectivity index (χ3n) is 3.71. The van der Waals surface area contributed by atoms with Crippen molar-refractivity contribution < 1.29 is 4.79 Å². The molecule has 0 saturated carbocycles. The fraction of sp³-hybridized carbons (Fsp3) is 0.500. The maximum absolute atomic E-state index is 12.6. The molecular weight excluding hydrogens is 292 g/mol. The van der Waals surface area contributed by atoms with Crippen LogP contribution in [-0.4, -0.2) is 36.0 Å². The molecule has 2 rings (SSSR count). The molecule has 0 spiro atoms. The van der Waals surface area contributed by atoms with Crippen LogP contribution in [0.1, 0.15) is 29.8 Å². The van der Waals surface area contributed by atoms with E-state index < -0.39 is 0 Å². The van der Waals surface area contributed by atoms with E-state index >= 15 is 0 Å². The number of nitrogens with zero attached hydrogens (tertiary/aromatic N) is 1. The number of nitrogens with one attached hydrogen (secondary N) is 1. The zero-order chi connectivity index (χ0) is 13.3. The first kappa shape index (κ1) is 13.6. The molecule has 3 nitrogen and oxygen atoms in total. The molecule has 1 aliphatic heterocycles. The highest BCUT2D eigenvalue weighted by molar-refractivity contribution is 9.10. The summed E-state index contributed by atoms with van der Waals surface area (Å²) < 4.78 is 1.01. The SMILES string of the molecule is Cc1cc(Br)ccc1C(=O)N1CCNC(C)C1C. The highest BCUT2D eigenvalue weighted by atomic mass is 79.9. The summed E-state index contributed by atoms with van der Waals surface area (Å²) in [5.74, 6) is 0.140. The Labute approximate surface area is 117 Å². The van der Waals surface area contributed by atoms with Gasteiger partial charge in [-0.25, -0.2) is 0 Å². The number of carbonyl (C=O) groups is 1. The second kappa shape index (κ2) is 5.41. The van der Waals surface area contributed by atoms with Crippen molar-refractivity contribution >= 4 is 21.8 Å². The van der Waals surface area contributed by atoms with Gasteiger partial charge >= 0.3 is 0 Å². The molecule has 1 heterocycles. The molecule has 0 bridgehead atoms. The van der Waals surface area contributed by atoms with E-state index in [0.29, 0.717) is 6.04 Å². The Morgan fingerprint density at radius 3 is 2.83 bits per heavy atom. The monoisotopic (exact) mass is 310 g/mol. The van der Waals surface area contributed by atoms with Gasteiger partial charge in [0.1, 0.15) is 0 Å². The minimum Gasteiger partial charge on any atom is -0.333 e. The summed E-state index contributed by atoms with van der Waals surface area (Å²) in [5.41, 5.74) is 1.83. The van der Waals surface area contributed by atoms with Gasteiger partial charge in [-0.05, 0) is 44.5 Å². The Balaban J connectivity index is 2.25. The van der Waals surface area contributed by atoms with Crippen molar-refractivity contribution in [1.29, 1.82) is 0 Å². The fourth-order valence-corrected chi connectivity index (χ4v) is 2.84. The Bertz CT molecular complexity index is 461. The number of aryl methyl sites for hydroxylation is 1. The molecule has 18 heavy (non-hydrogen) atoms. The van der Waals surface area contributed by atoms with Gasteiger partial charge in [-0.1, -0.05) is 15.9 Å². The van der Waals surface area contributed by atoms with E-state index in [0.717, 1.165) is 28.7 Å². The topological polar surface area (TPSA) is 32.3 Å². The lowest BCUT2D eigenvalue weighted by molar-refractivity contribution is 0.0602. The van der Waals surface area contributed by atoms with E-state index in [1.54, 1.807) is 0 Å². The molecule has 2 atom stereocenters. The van der Waals surface area contributed by atoms with Gasteiger partial charge in [0.15, 0.2) is 0 Å². The first-order chi connectivity index (χ1) is 8.50. The molecular formula is C14H19BrN2O. The van der Waals surface area contributed by atoms with Crippen LogP contribution in [0.15, 0.2) is 22.7 Å². The first-order valence-corrected chi connectivity index (χ1v) is 7.10. The van der Waals surface area contributed by atoms with Gasteiger partial charge in [-0.15, -0.1) is 0 Å². The van der Waals surface area contributed by atoms with Gasteiger partial charge in [0.25, 0.3) is 5.91 Å². The third-order valence-corrected chi connectivity index (χ3v) is 4.21. The number of hydrogen-bond acceptors (Lipinski definition) is 2. The van der Waals surface area contributed by atoms with Crippen LogP contribution in [0, 0.1) is 6.92 Å². The van der Waals surface area contributed by atoms with E-state index in [2.05, 4.69) is 35.1 Å². The Morgan fingerprint density at radius 1 is 1.44 bits per heavy atom. The molecule has 0 radical (unpaired) electrons. The quantitative estimate of drug-likeness (QED) is 0.864. The number of halogens is 1. The number of rotatable bonds is 1. The van der Waals surface area contributed by atoms with Crippen molar-refractivity contribution in [2.24, 2.45) is 0 Å². The van der Waals surface area contributed by atoms with Gasteiger partial charge < -0.3 is 10.2 Å². The smallest absolute Gasteiger partial charge is 0.254 e. The molecule has 0 aromatic heterocycles. The summed E-state index contributed by atoms with van der Waals surface area (Å²) >= 11 is 3.43. The average molecular weight is 311 g/mol. The van der Waals surface area contributed by atoms with Crippen LogP contribution in [0.25, 0.3) is 0 Å². The van der Waals surface area contributed by atoms with E-state index in [-0.39, 0.29) is 11.9 Å². The predicted molar refractivity (Wildman–Crippen MR) is 76.8 cm³/mol. The van der Waals surface area contributed by atoms with Gasteiger partial charge in [0.05, 0.1) is 0 Å². The minimum absolute atomic E-state index is 0.140. The number of hydrogen-bond donors (Lipinski definition) is 1. The van der Waals surface area contributed by atoms with Crippen molar-refractivity contribution in [3.8, 4) is 0 Å². The third kappa shape index (κ3) is 2.59. The van der Waals surface area contributed by atoms with Crippen LogP contribution >= 0.6 is 15.9 Å². The van der Waals surface area contributed by atoms with Crippen LogP contribution < -0.4 is 5.32 Å². The summed E-state index contributed by atoms with van der Waals surface area (Å²) in [7, 11) is 0. The second-order valence-corrected chi connectivity index (χ2v) is 5.86. The van der Waals surface area contributed by atoms with Crippen molar-refractivity contribution in [3.05, 3.63) is 33.8 Å². The molecule has 4 heteroatoms. The zero-order valence-corrected chi connectivity index (χ0v) is 12.6. The van der Waals surface area contributed by atoms with Gasteiger partial charge in [0.2, 0.25) is 0 Å². The molecule has 98 valence electrons. The van der Waals surface area contributed by atoms with Gasteiger partial charge in [-0.3, -0.25) is 4.79 Å². The van der Waals surface area contributed by atoms with Crippen molar-refractivity contribution in [2.45, 2.75) is 32.9 Å². The lowest BCUT2D eigenvalue weighted by Crippen LogP contribution is -2.57. The summed E-state index contributed by atoms with van der Waals surface area (Å²) in [5, 5.41) is 3.39. The lowest BCUT2D eigenvalue weighted by Gasteiger charge is -2.38. The average Bonchev–Trinajstić information content (AvgIpc) is 2.32. The zero-order valence-electron chi connectivity index (χ0n) is 11.0. The highest BCUT2D eigenvalue weighted by Crippen LogP contribution is 2.20. The van der Waals surface area contributed by atoms with E-state index in [9.17, 15) is 4.79 Å². The standard InChI is InChI=1S/C14H19BrN2O/c1-9-8-12(15)4-5-13(9)14(18)17-7-6-16-10(2)11(17)3/h4-5,8,10-11,16H,6-7H2,1-3H3. The molecule has 2 unspecified atom stereocenters. The van der Waals surface area contributed by atoms with Crippen molar-refractivity contribution in [3.63, 3.8) is 0 Å². The molecule has 1 saturated heterocycles. The van der Waals surface area contributed by atoms with Crippen LogP contribution in [-0.2, 0) is 0 Å². The molecule has 1 aromatic rings. The Morgan fingerprint density at radius 2 is 2.17 bits per heavy atom. The predicted octanol–water partition coefficient (Wildman–Crippen LogP) is 2.58. The summed E-state index contributed by atoms with van der Waals surface area (Å²) in [6.45, 7) is 7.85. The van der Waals surface area contributed by atoms with E-state index in [4.69, 9.17) is 0 Å². The summed E-state index contributed by atoms with van der Waals surface area (Å²) in [6, 6.07) is 6.40. The largest absolute Gasteiger partial charge is 0.333 e. The minimum atomic E-state index is 0.140. The molecule has 0 aliphatic carbocycles. The normalized spacial score (nSPS) is 24.1. The fourth-order valence-electron chi connectivity index (χ4n) is 2.37. The molecule has 1 fully saturated rings. The first-order valence-electron chi connectivity index (χ1n) is 6.31. The number of carbonyl (C=O) groups excluding carboxylic acids is 1. The number of benzene rings is 1. The van der Waals surface area contributed by atoms with Crippen LogP contribution in [0.3, 0.4) is 0 Å². The van der Waals surface area contributed by atoms with Crippen LogP contribution in [0.2, 0.25) is 0 Å². The van der Waals surface area contributed by atoms with E-state index in [1.165, 1.54) is 0 Å². The molecule has 1 amide bonds. The highest BCUT2D eigenvalue weighted by Gasteiger charge is 2.29. The molecule has 1 N–H and O–H groups in total. The maximum Gasteiger partial charge on any atom is 0.254 e. The summed E-state index contributed by atoms with van der Waals surface area (Å²) in [6.07, 6.45) is 0. The Kier molecular flexibility index (Phi) is 4.07. The number of piperazine rings is 1. The second-order valence-electron chi connectivity index (χ2n) is 4.94.